The molecule has 5 nitrogen and oxygen atoms in total. The van der Waals surface area contributed by atoms with Crippen LogP contribution >= 0.6 is 23.4 Å². The van der Waals surface area contributed by atoms with E-state index in [0.717, 1.165) is 12.0 Å². The SMILES string of the molecule is CC[C@@H](C)N=C1NC(=O)[C@@H](CC(=O)Nc2ccc(C)c(Cl)c2)S1. The molecule has 0 radical (unpaired) electrons. The molecule has 2 rings (SSSR count). The number of halogens is 1. The van der Waals surface area contributed by atoms with Crippen LogP contribution in [0.1, 0.15) is 32.3 Å². The molecule has 1 aliphatic rings. The maximum Gasteiger partial charge on any atom is 0.240 e. The number of rotatable bonds is 5. The van der Waals surface area contributed by atoms with Crippen molar-refractivity contribution >= 4 is 46.0 Å². The van der Waals surface area contributed by atoms with Crippen LogP contribution in [0, 0.1) is 6.92 Å². The van der Waals surface area contributed by atoms with E-state index >= 15 is 0 Å². The molecule has 2 atom stereocenters. The van der Waals surface area contributed by atoms with Gasteiger partial charge in [0, 0.05) is 23.2 Å². The smallest absolute Gasteiger partial charge is 0.240 e. The lowest BCUT2D eigenvalue weighted by atomic mass is 10.2. The maximum atomic E-state index is 12.1. The second kappa shape index (κ2) is 7.84. The molecule has 7 heteroatoms. The highest BCUT2D eigenvalue weighted by Gasteiger charge is 2.32. The Bertz CT molecular complexity index is 648. The van der Waals surface area contributed by atoms with Gasteiger partial charge in [-0.1, -0.05) is 36.4 Å². The van der Waals surface area contributed by atoms with Crippen LogP contribution < -0.4 is 10.6 Å². The van der Waals surface area contributed by atoms with Gasteiger partial charge in [-0.15, -0.1) is 0 Å². The topological polar surface area (TPSA) is 70.6 Å². The summed E-state index contributed by atoms with van der Waals surface area (Å²) in [4.78, 5) is 28.4. The Labute approximate surface area is 145 Å². The van der Waals surface area contributed by atoms with E-state index in [1.165, 1.54) is 11.8 Å². The molecule has 1 aromatic carbocycles. The molecule has 0 saturated carbocycles. The number of hydrogen-bond donors (Lipinski definition) is 2. The molecule has 23 heavy (non-hydrogen) atoms. The first-order chi connectivity index (χ1) is 10.9. The number of nitrogens with zero attached hydrogens (tertiary/aromatic N) is 1. The van der Waals surface area contributed by atoms with Crippen molar-refractivity contribution in [2.24, 2.45) is 4.99 Å². The van der Waals surface area contributed by atoms with Crippen LogP contribution in [0.3, 0.4) is 0 Å². The lowest BCUT2D eigenvalue weighted by Gasteiger charge is -2.08. The monoisotopic (exact) mass is 353 g/mol. The summed E-state index contributed by atoms with van der Waals surface area (Å²) in [6.07, 6.45) is 1.00. The second-order valence-corrected chi connectivity index (χ2v) is 7.10. The number of aryl methyl sites for hydroxylation is 1. The third-order valence-corrected chi connectivity index (χ3v) is 5.03. The van der Waals surface area contributed by atoms with Gasteiger partial charge < -0.3 is 10.6 Å². The number of benzene rings is 1. The molecule has 1 saturated heterocycles. The Balaban J connectivity index is 1.94. The Hall–Kier alpha value is -1.53. The second-order valence-electron chi connectivity index (χ2n) is 5.50. The summed E-state index contributed by atoms with van der Waals surface area (Å²) in [7, 11) is 0. The number of nitrogens with one attached hydrogen (secondary N) is 2. The highest BCUT2D eigenvalue weighted by molar-refractivity contribution is 8.15. The zero-order chi connectivity index (χ0) is 17.0. The summed E-state index contributed by atoms with van der Waals surface area (Å²) >= 11 is 7.35. The number of thioether (sulfide) groups is 1. The lowest BCUT2D eigenvalue weighted by molar-refractivity contribution is -0.122. The Morgan fingerprint density at radius 1 is 1.52 bits per heavy atom. The predicted molar refractivity (Wildman–Crippen MR) is 96.1 cm³/mol. The number of anilines is 1. The van der Waals surface area contributed by atoms with Gasteiger partial charge in [-0.2, -0.15) is 0 Å². The summed E-state index contributed by atoms with van der Waals surface area (Å²) < 4.78 is 0. The molecule has 2 amide bonds. The van der Waals surface area contributed by atoms with E-state index in [0.29, 0.717) is 15.9 Å². The zero-order valence-corrected chi connectivity index (χ0v) is 14.9. The normalized spacial score (nSPS) is 20.4. The number of amides is 2. The summed E-state index contributed by atoms with van der Waals surface area (Å²) in [6.45, 7) is 5.92. The summed E-state index contributed by atoms with van der Waals surface area (Å²) in [5, 5.41) is 6.24. The van der Waals surface area contributed by atoms with Crippen LogP contribution in [0.5, 0.6) is 0 Å². The minimum Gasteiger partial charge on any atom is -0.326 e. The fraction of sp³-hybridized carbons (Fsp3) is 0.438. The van der Waals surface area contributed by atoms with Gasteiger partial charge in [0.25, 0.3) is 0 Å². The molecule has 1 aliphatic heterocycles. The van der Waals surface area contributed by atoms with Crippen molar-refractivity contribution in [1.82, 2.24) is 5.32 Å². The van der Waals surface area contributed by atoms with E-state index in [9.17, 15) is 9.59 Å². The first-order valence-electron chi connectivity index (χ1n) is 7.50. The van der Waals surface area contributed by atoms with Gasteiger partial charge in [-0.3, -0.25) is 14.6 Å². The molecule has 2 N–H and O–H groups in total. The molecular formula is C16H20ClN3O2S. The van der Waals surface area contributed by atoms with Crippen molar-refractivity contribution in [3.05, 3.63) is 28.8 Å². The standard InChI is InChI=1S/C16H20ClN3O2S/c1-4-10(3)18-16-20-15(22)13(23-16)8-14(21)19-11-6-5-9(2)12(17)7-11/h5-7,10,13H,4,8H2,1-3H3,(H,19,21)(H,18,20,22)/t10-,13-/m1/s1. The van der Waals surface area contributed by atoms with Crippen LogP contribution in [0.25, 0.3) is 0 Å². The Morgan fingerprint density at radius 3 is 2.91 bits per heavy atom. The van der Waals surface area contributed by atoms with Crippen LogP contribution in [-0.2, 0) is 9.59 Å². The van der Waals surface area contributed by atoms with Gasteiger partial charge in [0.2, 0.25) is 11.8 Å². The van der Waals surface area contributed by atoms with Gasteiger partial charge in [0.05, 0.1) is 0 Å². The average molecular weight is 354 g/mol. The summed E-state index contributed by atoms with van der Waals surface area (Å²) in [5.41, 5.74) is 1.57. The fourth-order valence-corrected chi connectivity index (χ4v) is 3.19. The summed E-state index contributed by atoms with van der Waals surface area (Å²) in [5.74, 6) is -0.392. The fourth-order valence-electron chi connectivity index (χ4n) is 1.94. The first-order valence-corrected chi connectivity index (χ1v) is 8.76. The van der Waals surface area contributed by atoms with Gasteiger partial charge >= 0.3 is 0 Å². The molecule has 1 aromatic rings. The van der Waals surface area contributed by atoms with Crippen molar-refractivity contribution in [3.63, 3.8) is 0 Å². The van der Waals surface area contributed by atoms with E-state index in [4.69, 9.17) is 11.6 Å². The minimum absolute atomic E-state index is 0.0987. The van der Waals surface area contributed by atoms with E-state index in [1.807, 2.05) is 26.8 Å². The minimum atomic E-state index is -0.446. The van der Waals surface area contributed by atoms with E-state index in [-0.39, 0.29) is 24.3 Å². The van der Waals surface area contributed by atoms with Gasteiger partial charge in [0.15, 0.2) is 5.17 Å². The first kappa shape index (κ1) is 17.8. The van der Waals surface area contributed by atoms with Crippen molar-refractivity contribution < 1.29 is 9.59 Å². The molecule has 0 bridgehead atoms. The molecule has 0 unspecified atom stereocenters. The van der Waals surface area contributed by atoms with Crippen molar-refractivity contribution in [2.45, 2.75) is 44.9 Å². The van der Waals surface area contributed by atoms with Crippen LogP contribution in [0.15, 0.2) is 23.2 Å². The quantitative estimate of drug-likeness (QED) is 0.852. The largest absolute Gasteiger partial charge is 0.326 e. The molecular weight excluding hydrogens is 334 g/mol. The lowest BCUT2D eigenvalue weighted by Crippen LogP contribution is -2.28. The maximum absolute atomic E-state index is 12.1. The third-order valence-electron chi connectivity index (χ3n) is 3.53. The van der Waals surface area contributed by atoms with Crippen LogP contribution in [0.2, 0.25) is 5.02 Å². The number of hydrogen-bond acceptors (Lipinski definition) is 4. The number of carbonyl (C=O) groups excluding carboxylic acids is 2. The van der Waals surface area contributed by atoms with E-state index in [1.54, 1.807) is 12.1 Å². The van der Waals surface area contributed by atoms with Gasteiger partial charge in [-0.25, -0.2) is 0 Å². The summed E-state index contributed by atoms with van der Waals surface area (Å²) in [6, 6.07) is 5.48. The Morgan fingerprint density at radius 2 is 2.26 bits per heavy atom. The van der Waals surface area contributed by atoms with Gasteiger partial charge in [0.1, 0.15) is 5.25 Å². The van der Waals surface area contributed by atoms with Crippen molar-refractivity contribution in [1.29, 1.82) is 0 Å². The molecule has 124 valence electrons. The van der Waals surface area contributed by atoms with Crippen molar-refractivity contribution in [2.75, 3.05) is 5.32 Å². The molecule has 1 fully saturated rings. The third kappa shape index (κ3) is 4.97. The predicted octanol–water partition coefficient (Wildman–Crippen LogP) is 3.36. The molecule has 0 spiro atoms. The van der Waals surface area contributed by atoms with Crippen LogP contribution in [-0.4, -0.2) is 28.3 Å². The average Bonchev–Trinajstić information content (AvgIpc) is 2.82. The molecule has 1 heterocycles. The van der Waals surface area contributed by atoms with Crippen LogP contribution in [0.4, 0.5) is 5.69 Å². The number of carbonyl (C=O) groups is 2. The number of amidine groups is 1. The highest BCUT2D eigenvalue weighted by atomic mass is 35.5. The van der Waals surface area contributed by atoms with E-state index < -0.39 is 5.25 Å². The van der Waals surface area contributed by atoms with Crippen molar-refractivity contribution in [3.8, 4) is 0 Å². The molecule has 0 aromatic heterocycles. The van der Waals surface area contributed by atoms with Gasteiger partial charge in [-0.05, 0) is 38.0 Å². The highest BCUT2D eigenvalue weighted by Crippen LogP contribution is 2.24. The number of aliphatic imine (C=N–C) groups is 1. The molecule has 0 aliphatic carbocycles. The Kier molecular flexibility index (Phi) is 6.07. The van der Waals surface area contributed by atoms with E-state index in [2.05, 4.69) is 15.6 Å². The zero-order valence-electron chi connectivity index (χ0n) is 13.4.